The Morgan fingerprint density at radius 2 is 1.93 bits per heavy atom. The van der Waals surface area contributed by atoms with Crippen LogP contribution in [0.15, 0.2) is 75.0 Å². The monoisotopic (exact) mass is 407 g/mol. The first-order chi connectivity index (χ1) is 14.0. The zero-order chi connectivity index (χ0) is 20.4. The Morgan fingerprint density at radius 1 is 1.14 bits per heavy atom. The van der Waals surface area contributed by atoms with Crippen molar-refractivity contribution < 1.29 is 19.2 Å². The first kappa shape index (κ1) is 18.5. The minimum atomic E-state index is -0.464. The molecule has 2 aromatic carbocycles. The number of phenols is 1. The number of nitro benzene ring substituents is 1. The molecular formula is C20H13N3O5S. The molecule has 0 unspecified atom stereocenters. The SMILES string of the molecule is O=C1NC(=Nc2ccc(O)cc2)/C(=C/c2ccc(-c3cccc([N+](=O)[O-])c3)o2)S1. The summed E-state index contributed by atoms with van der Waals surface area (Å²) in [6.07, 6.45) is 1.67. The molecule has 0 atom stereocenters. The molecule has 0 saturated carbocycles. The number of carbonyl (C=O) groups is 1. The lowest BCUT2D eigenvalue weighted by Crippen LogP contribution is -2.18. The smallest absolute Gasteiger partial charge is 0.289 e. The minimum absolute atomic E-state index is 0.0248. The molecule has 29 heavy (non-hydrogen) atoms. The van der Waals surface area contributed by atoms with E-state index in [1.165, 1.54) is 24.3 Å². The van der Waals surface area contributed by atoms with Crippen molar-refractivity contribution in [3.8, 4) is 17.1 Å². The number of aromatic hydroxyl groups is 1. The molecule has 2 N–H and O–H groups in total. The van der Waals surface area contributed by atoms with E-state index in [0.29, 0.717) is 33.5 Å². The molecule has 2 heterocycles. The van der Waals surface area contributed by atoms with Gasteiger partial charge in [-0.2, -0.15) is 0 Å². The number of nitro groups is 1. The second kappa shape index (κ2) is 7.64. The van der Waals surface area contributed by atoms with Gasteiger partial charge in [-0.25, -0.2) is 4.99 Å². The predicted octanol–water partition coefficient (Wildman–Crippen LogP) is 5.09. The summed E-state index contributed by atoms with van der Waals surface area (Å²) in [6.45, 7) is 0. The van der Waals surface area contributed by atoms with Crippen molar-refractivity contribution in [2.45, 2.75) is 0 Å². The summed E-state index contributed by atoms with van der Waals surface area (Å²) < 4.78 is 5.78. The minimum Gasteiger partial charge on any atom is -0.508 e. The van der Waals surface area contributed by atoms with Crippen LogP contribution in [0.2, 0.25) is 0 Å². The number of hydrogen-bond donors (Lipinski definition) is 2. The Balaban J connectivity index is 1.63. The number of thioether (sulfide) groups is 1. The van der Waals surface area contributed by atoms with Gasteiger partial charge >= 0.3 is 0 Å². The highest BCUT2D eigenvalue weighted by molar-refractivity contribution is 8.18. The van der Waals surface area contributed by atoms with E-state index in [1.54, 1.807) is 42.5 Å². The third-order valence-corrected chi connectivity index (χ3v) is 4.81. The maximum Gasteiger partial charge on any atom is 0.289 e. The van der Waals surface area contributed by atoms with Gasteiger partial charge in [-0.1, -0.05) is 12.1 Å². The van der Waals surface area contributed by atoms with Gasteiger partial charge in [0.1, 0.15) is 23.1 Å². The van der Waals surface area contributed by atoms with Crippen LogP contribution in [0, 0.1) is 10.1 Å². The molecule has 1 amide bonds. The van der Waals surface area contributed by atoms with Crippen molar-refractivity contribution in [1.82, 2.24) is 5.32 Å². The first-order valence-electron chi connectivity index (χ1n) is 8.41. The molecule has 0 spiro atoms. The van der Waals surface area contributed by atoms with E-state index >= 15 is 0 Å². The normalized spacial score (nSPS) is 16.3. The van der Waals surface area contributed by atoms with E-state index in [4.69, 9.17) is 4.42 Å². The molecule has 9 heteroatoms. The van der Waals surface area contributed by atoms with Crippen LogP contribution in [-0.4, -0.2) is 21.1 Å². The van der Waals surface area contributed by atoms with Gasteiger partial charge in [0.05, 0.1) is 15.5 Å². The van der Waals surface area contributed by atoms with Crippen molar-refractivity contribution in [1.29, 1.82) is 0 Å². The molecule has 8 nitrogen and oxygen atoms in total. The fourth-order valence-electron chi connectivity index (χ4n) is 2.66. The van der Waals surface area contributed by atoms with Crippen molar-refractivity contribution >= 4 is 40.3 Å². The molecule has 1 aliphatic heterocycles. The number of benzene rings is 2. The zero-order valence-corrected chi connectivity index (χ0v) is 15.6. The second-order valence-corrected chi connectivity index (χ2v) is 7.02. The van der Waals surface area contributed by atoms with E-state index in [9.17, 15) is 20.0 Å². The molecule has 1 saturated heterocycles. The predicted molar refractivity (Wildman–Crippen MR) is 110 cm³/mol. The molecule has 1 fully saturated rings. The first-order valence-corrected chi connectivity index (χ1v) is 9.23. The number of rotatable bonds is 4. The fourth-order valence-corrected chi connectivity index (χ4v) is 3.37. The average molecular weight is 407 g/mol. The molecule has 3 aromatic rings. The Kier molecular flexibility index (Phi) is 4.88. The van der Waals surface area contributed by atoms with E-state index in [0.717, 1.165) is 11.8 Å². The number of nitrogens with zero attached hydrogens (tertiary/aromatic N) is 2. The summed E-state index contributed by atoms with van der Waals surface area (Å²) >= 11 is 0.984. The lowest BCUT2D eigenvalue weighted by molar-refractivity contribution is -0.384. The van der Waals surface area contributed by atoms with Crippen LogP contribution < -0.4 is 5.32 Å². The number of nitrogens with one attached hydrogen (secondary N) is 1. The van der Waals surface area contributed by atoms with E-state index in [2.05, 4.69) is 10.3 Å². The van der Waals surface area contributed by atoms with Crippen LogP contribution in [0.3, 0.4) is 0 Å². The molecule has 1 aromatic heterocycles. The van der Waals surface area contributed by atoms with Crippen molar-refractivity contribution in [2.75, 3.05) is 0 Å². The number of aliphatic imine (C=N–C) groups is 1. The zero-order valence-electron chi connectivity index (χ0n) is 14.7. The summed E-state index contributed by atoms with van der Waals surface area (Å²) in [5.41, 5.74) is 1.13. The number of amidine groups is 1. The summed E-state index contributed by atoms with van der Waals surface area (Å²) in [4.78, 5) is 27.3. The number of hydrogen-bond acceptors (Lipinski definition) is 7. The molecule has 0 aliphatic carbocycles. The summed E-state index contributed by atoms with van der Waals surface area (Å²) in [5, 5.41) is 22.7. The maximum atomic E-state index is 11.8. The number of non-ortho nitro benzene ring substituents is 1. The van der Waals surface area contributed by atoms with E-state index < -0.39 is 4.92 Å². The average Bonchev–Trinajstić information content (AvgIpc) is 3.30. The van der Waals surface area contributed by atoms with Crippen LogP contribution >= 0.6 is 11.8 Å². The number of carbonyl (C=O) groups excluding carboxylic acids is 1. The van der Waals surface area contributed by atoms with Gasteiger partial charge < -0.3 is 14.8 Å². The van der Waals surface area contributed by atoms with Crippen LogP contribution in [0.5, 0.6) is 5.75 Å². The quantitative estimate of drug-likeness (QED) is 0.459. The van der Waals surface area contributed by atoms with Gasteiger partial charge in [-0.3, -0.25) is 14.9 Å². The molecule has 4 rings (SSSR count). The van der Waals surface area contributed by atoms with Gasteiger partial charge in [0.25, 0.3) is 10.9 Å². The fraction of sp³-hybridized carbons (Fsp3) is 0. The molecular weight excluding hydrogens is 394 g/mol. The molecule has 1 aliphatic rings. The highest BCUT2D eigenvalue weighted by atomic mass is 32.2. The number of furan rings is 1. The van der Waals surface area contributed by atoms with Gasteiger partial charge in [0.2, 0.25) is 0 Å². The van der Waals surface area contributed by atoms with E-state index in [-0.39, 0.29) is 16.7 Å². The van der Waals surface area contributed by atoms with Crippen molar-refractivity contribution in [3.63, 3.8) is 0 Å². The standard InChI is InChI=1S/C20H13N3O5S/c24-15-6-4-13(5-7-15)21-19-18(29-20(25)22-19)11-16-8-9-17(28-16)12-2-1-3-14(10-12)23(26)27/h1-11,24H,(H,21,22,25)/b18-11-. The van der Waals surface area contributed by atoms with Crippen molar-refractivity contribution in [2.24, 2.45) is 4.99 Å². The third kappa shape index (κ3) is 4.19. The van der Waals surface area contributed by atoms with Crippen LogP contribution in [0.1, 0.15) is 5.76 Å². The molecule has 0 bridgehead atoms. The summed E-state index contributed by atoms with van der Waals surface area (Å²) in [7, 11) is 0. The van der Waals surface area contributed by atoms with Crippen LogP contribution in [0.4, 0.5) is 16.2 Å². The highest BCUT2D eigenvalue weighted by Crippen LogP contribution is 2.31. The van der Waals surface area contributed by atoms with Gasteiger partial charge in [-0.05, 0) is 54.2 Å². The lowest BCUT2D eigenvalue weighted by Gasteiger charge is -2.00. The Hall–Kier alpha value is -3.85. The lowest BCUT2D eigenvalue weighted by atomic mass is 10.1. The van der Waals surface area contributed by atoms with Gasteiger partial charge in [0.15, 0.2) is 0 Å². The highest BCUT2D eigenvalue weighted by Gasteiger charge is 2.24. The number of phenolic OH excluding ortho intramolecular Hbond substituents is 1. The number of amides is 1. The van der Waals surface area contributed by atoms with Gasteiger partial charge in [0, 0.05) is 17.7 Å². The largest absolute Gasteiger partial charge is 0.508 e. The Labute approximate surface area is 168 Å². The Bertz CT molecular complexity index is 1160. The molecule has 0 radical (unpaired) electrons. The maximum absolute atomic E-state index is 11.8. The van der Waals surface area contributed by atoms with Gasteiger partial charge in [-0.15, -0.1) is 0 Å². The topological polar surface area (TPSA) is 118 Å². The van der Waals surface area contributed by atoms with Crippen LogP contribution in [-0.2, 0) is 0 Å². The van der Waals surface area contributed by atoms with Crippen LogP contribution in [0.25, 0.3) is 17.4 Å². The summed E-state index contributed by atoms with van der Waals surface area (Å²) in [6, 6.07) is 15.8. The second-order valence-electron chi connectivity index (χ2n) is 6.01. The van der Waals surface area contributed by atoms with Crippen molar-refractivity contribution in [3.05, 3.63) is 81.4 Å². The third-order valence-electron chi connectivity index (χ3n) is 3.99. The van der Waals surface area contributed by atoms with E-state index in [1.807, 2.05) is 0 Å². The molecule has 144 valence electrons. The Morgan fingerprint density at radius 3 is 2.69 bits per heavy atom. The summed E-state index contributed by atoms with van der Waals surface area (Å²) in [5.74, 6) is 1.45.